The van der Waals surface area contributed by atoms with Gasteiger partial charge in [0.15, 0.2) is 0 Å². The highest BCUT2D eigenvalue weighted by molar-refractivity contribution is 6.32. The summed E-state index contributed by atoms with van der Waals surface area (Å²) in [6, 6.07) is 0. The smallest absolute Gasteiger partial charge is 0.287 e. The molecule has 84 valence electrons. The Hall–Kier alpha value is -1.07. The predicted molar refractivity (Wildman–Crippen MR) is 59.5 cm³/mol. The molecule has 1 aromatic rings. The van der Waals surface area contributed by atoms with Crippen molar-refractivity contribution in [2.24, 2.45) is 7.05 Å². The first kappa shape index (κ1) is 12.0. The minimum atomic E-state index is -0.298. The largest absolute Gasteiger partial charge is 0.385 e. The summed E-state index contributed by atoms with van der Waals surface area (Å²) in [6.07, 6.45) is 2.39. The van der Waals surface area contributed by atoms with E-state index >= 15 is 0 Å². The Kier molecular flexibility index (Phi) is 4.58. The van der Waals surface area contributed by atoms with Gasteiger partial charge in [-0.05, 0) is 6.42 Å². The Labute approximate surface area is 93.0 Å². The fourth-order valence-electron chi connectivity index (χ4n) is 1.07. The molecule has 0 saturated heterocycles. The minimum absolute atomic E-state index is 0.171. The fraction of sp³-hybridized carbons (Fsp3) is 0.556. The molecule has 6 heteroatoms. The van der Waals surface area contributed by atoms with Gasteiger partial charge >= 0.3 is 0 Å². The molecule has 1 rings (SSSR count). The molecule has 0 atom stereocenters. The third kappa shape index (κ3) is 3.21. The molecule has 0 spiro atoms. The van der Waals surface area contributed by atoms with Crippen LogP contribution in [0.25, 0.3) is 0 Å². The van der Waals surface area contributed by atoms with E-state index in [-0.39, 0.29) is 10.6 Å². The van der Waals surface area contributed by atoms with E-state index < -0.39 is 0 Å². The minimum Gasteiger partial charge on any atom is -0.385 e. The van der Waals surface area contributed by atoms with Crippen LogP contribution in [0.2, 0.25) is 5.02 Å². The Balaban J connectivity index is 2.62. The molecule has 0 saturated carbocycles. The van der Waals surface area contributed by atoms with Crippen molar-refractivity contribution in [1.82, 2.24) is 9.78 Å². The number of anilines is 1. The first-order valence-corrected chi connectivity index (χ1v) is 4.99. The van der Waals surface area contributed by atoms with Crippen LogP contribution >= 0.6 is 11.6 Å². The number of aromatic nitrogens is 2. The lowest BCUT2D eigenvalue weighted by molar-refractivity contribution is 0.198. The van der Waals surface area contributed by atoms with Crippen LogP contribution in [-0.2, 0) is 11.8 Å². The van der Waals surface area contributed by atoms with E-state index in [0.717, 1.165) is 6.42 Å². The van der Waals surface area contributed by atoms with Crippen LogP contribution in [-0.4, -0.2) is 30.0 Å². The van der Waals surface area contributed by atoms with Gasteiger partial charge in [-0.1, -0.05) is 11.6 Å². The highest BCUT2D eigenvalue weighted by Gasteiger charge is 2.05. The van der Waals surface area contributed by atoms with Crippen molar-refractivity contribution in [3.05, 3.63) is 21.6 Å². The van der Waals surface area contributed by atoms with Crippen molar-refractivity contribution in [2.75, 3.05) is 25.6 Å². The SMILES string of the molecule is COCCCNc1cnn(C)c(=O)c1Cl. The van der Waals surface area contributed by atoms with Crippen molar-refractivity contribution in [3.63, 3.8) is 0 Å². The van der Waals surface area contributed by atoms with E-state index in [4.69, 9.17) is 16.3 Å². The molecule has 1 N–H and O–H groups in total. The molecule has 15 heavy (non-hydrogen) atoms. The van der Waals surface area contributed by atoms with Gasteiger partial charge in [-0.3, -0.25) is 4.79 Å². The average Bonchev–Trinajstić information content (AvgIpc) is 2.24. The highest BCUT2D eigenvalue weighted by Crippen LogP contribution is 2.14. The van der Waals surface area contributed by atoms with Crippen LogP contribution in [0.15, 0.2) is 11.0 Å². The van der Waals surface area contributed by atoms with E-state index in [1.807, 2.05) is 0 Å². The number of nitrogens with one attached hydrogen (secondary N) is 1. The van der Waals surface area contributed by atoms with Gasteiger partial charge in [0.1, 0.15) is 5.02 Å². The molecular formula is C9H14ClN3O2. The maximum Gasteiger partial charge on any atom is 0.287 e. The zero-order valence-corrected chi connectivity index (χ0v) is 9.54. The van der Waals surface area contributed by atoms with Crippen LogP contribution in [0.1, 0.15) is 6.42 Å². The molecule has 0 unspecified atom stereocenters. The second-order valence-electron chi connectivity index (χ2n) is 3.07. The summed E-state index contributed by atoms with van der Waals surface area (Å²) in [5.41, 5.74) is 0.268. The Morgan fingerprint density at radius 3 is 3.07 bits per heavy atom. The van der Waals surface area contributed by atoms with E-state index in [0.29, 0.717) is 18.8 Å². The van der Waals surface area contributed by atoms with Crippen molar-refractivity contribution in [1.29, 1.82) is 0 Å². The molecule has 0 aliphatic carbocycles. The summed E-state index contributed by atoms with van der Waals surface area (Å²) in [4.78, 5) is 11.4. The summed E-state index contributed by atoms with van der Waals surface area (Å²) >= 11 is 5.84. The molecule has 1 aromatic heterocycles. The van der Waals surface area contributed by atoms with Gasteiger partial charge in [-0.25, -0.2) is 4.68 Å². The van der Waals surface area contributed by atoms with Crippen molar-refractivity contribution in [3.8, 4) is 0 Å². The van der Waals surface area contributed by atoms with Crippen molar-refractivity contribution >= 4 is 17.3 Å². The van der Waals surface area contributed by atoms with Gasteiger partial charge in [-0.15, -0.1) is 0 Å². The van der Waals surface area contributed by atoms with E-state index in [1.54, 1.807) is 14.2 Å². The summed E-state index contributed by atoms with van der Waals surface area (Å²) < 4.78 is 6.10. The first-order chi connectivity index (χ1) is 7.16. The zero-order valence-electron chi connectivity index (χ0n) is 8.79. The van der Waals surface area contributed by atoms with Crippen molar-refractivity contribution < 1.29 is 4.74 Å². The third-order valence-corrected chi connectivity index (χ3v) is 2.28. The number of halogens is 1. The molecule has 0 fully saturated rings. The number of ether oxygens (including phenoxy) is 1. The maximum absolute atomic E-state index is 11.4. The van der Waals surface area contributed by atoms with Crippen LogP contribution in [0.3, 0.4) is 0 Å². The molecule has 0 radical (unpaired) electrons. The molecule has 5 nitrogen and oxygen atoms in total. The Bertz CT molecular complexity index is 378. The fourth-order valence-corrected chi connectivity index (χ4v) is 1.31. The number of rotatable bonds is 5. The zero-order chi connectivity index (χ0) is 11.3. The lowest BCUT2D eigenvalue weighted by Crippen LogP contribution is -2.21. The normalized spacial score (nSPS) is 10.3. The average molecular weight is 232 g/mol. The van der Waals surface area contributed by atoms with Gasteiger partial charge in [0.05, 0.1) is 11.9 Å². The monoisotopic (exact) mass is 231 g/mol. The summed E-state index contributed by atoms with van der Waals surface area (Å²) in [7, 11) is 3.20. The van der Waals surface area contributed by atoms with Crippen LogP contribution in [0.4, 0.5) is 5.69 Å². The van der Waals surface area contributed by atoms with E-state index in [1.165, 1.54) is 10.9 Å². The quantitative estimate of drug-likeness (QED) is 0.765. The molecule has 1 heterocycles. The predicted octanol–water partition coefficient (Wildman–Crippen LogP) is 0.882. The highest BCUT2D eigenvalue weighted by atomic mass is 35.5. The van der Waals surface area contributed by atoms with Crippen LogP contribution in [0.5, 0.6) is 0 Å². The number of nitrogens with zero attached hydrogens (tertiary/aromatic N) is 2. The second kappa shape index (κ2) is 5.72. The first-order valence-electron chi connectivity index (χ1n) is 4.61. The number of hydrogen-bond acceptors (Lipinski definition) is 4. The van der Waals surface area contributed by atoms with E-state index in [9.17, 15) is 4.79 Å². The van der Waals surface area contributed by atoms with Gasteiger partial charge in [0, 0.05) is 27.3 Å². The van der Waals surface area contributed by atoms with Gasteiger partial charge in [-0.2, -0.15) is 5.10 Å². The summed E-state index contributed by atoms with van der Waals surface area (Å²) in [5, 5.41) is 7.06. The number of methoxy groups -OCH3 is 1. The lowest BCUT2D eigenvalue weighted by Gasteiger charge is -2.07. The third-order valence-electron chi connectivity index (χ3n) is 1.92. The topological polar surface area (TPSA) is 56.1 Å². The molecular weight excluding hydrogens is 218 g/mol. The standard InChI is InChI=1S/C9H14ClN3O2/c1-13-9(14)8(10)7(6-12-13)11-4-3-5-15-2/h6,11H,3-5H2,1-2H3. The van der Waals surface area contributed by atoms with Gasteiger partial charge < -0.3 is 10.1 Å². The number of aryl methyl sites for hydroxylation is 1. The molecule has 0 amide bonds. The summed E-state index contributed by atoms with van der Waals surface area (Å²) in [5.74, 6) is 0. The Morgan fingerprint density at radius 2 is 2.40 bits per heavy atom. The van der Waals surface area contributed by atoms with Gasteiger partial charge in [0.25, 0.3) is 5.56 Å². The molecule has 0 aromatic carbocycles. The van der Waals surface area contributed by atoms with Crippen LogP contribution < -0.4 is 10.9 Å². The molecule has 0 aliphatic rings. The maximum atomic E-state index is 11.4. The second-order valence-corrected chi connectivity index (χ2v) is 3.45. The van der Waals surface area contributed by atoms with Crippen molar-refractivity contribution in [2.45, 2.75) is 6.42 Å². The molecule has 0 bridgehead atoms. The summed E-state index contributed by atoms with van der Waals surface area (Å²) in [6.45, 7) is 1.37. The molecule has 0 aliphatic heterocycles. The Morgan fingerprint density at radius 1 is 1.67 bits per heavy atom. The van der Waals surface area contributed by atoms with Crippen LogP contribution in [0, 0.1) is 0 Å². The lowest BCUT2D eigenvalue weighted by atomic mass is 10.4. The van der Waals surface area contributed by atoms with Gasteiger partial charge in [0.2, 0.25) is 0 Å². The number of hydrogen-bond donors (Lipinski definition) is 1. The van der Waals surface area contributed by atoms with E-state index in [2.05, 4.69) is 10.4 Å².